The van der Waals surface area contributed by atoms with E-state index in [1.54, 1.807) is 0 Å². The van der Waals surface area contributed by atoms with Crippen LogP contribution in [0.2, 0.25) is 10.3 Å². The van der Waals surface area contributed by atoms with E-state index in [-0.39, 0.29) is 36.9 Å². The van der Waals surface area contributed by atoms with Crippen molar-refractivity contribution < 1.29 is 22.4 Å². The van der Waals surface area contributed by atoms with Gasteiger partial charge in [0.1, 0.15) is 5.15 Å². The normalized spacial score (nSPS) is 16.9. The monoisotopic (exact) mass is 359 g/mol. The maximum Gasteiger partial charge on any atom is 0.401 e. The molecule has 0 N–H and O–H groups in total. The highest BCUT2D eigenvalue weighted by Crippen LogP contribution is 2.23. The smallest absolute Gasteiger partial charge is 0.336 e. The van der Waals surface area contributed by atoms with Crippen LogP contribution in [0.1, 0.15) is 10.4 Å². The fraction of sp³-hybridized carbons (Fsp3) is 0.500. The lowest BCUT2D eigenvalue weighted by molar-refractivity contribution is -0.148. The number of piperazine rings is 1. The van der Waals surface area contributed by atoms with Gasteiger partial charge in [0.25, 0.3) is 5.91 Å². The summed E-state index contributed by atoms with van der Waals surface area (Å²) in [6.45, 7) is -0.684. The van der Waals surface area contributed by atoms with Gasteiger partial charge in [-0.3, -0.25) is 9.69 Å². The van der Waals surface area contributed by atoms with Crippen LogP contribution >= 0.6 is 23.2 Å². The highest BCUT2D eigenvalue weighted by molar-refractivity contribution is 6.34. The quantitative estimate of drug-likeness (QED) is 0.601. The second-order valence-electron chi connectivity index (χ2n) is 4.78. The molecule has 0 aromatic carbocycles. The zero-order valence-electron chi connectivity index (χ0n) is 11.1. The van der Waals surface area contributed by atoms with Crippen LogP contribution in [-0.4, -0.2) is 59.6 Å². The number of halogens is 6. The summed E-state index contributed by atoms with van der Waals surface area (Å²) < 4.78 is 50.3. The van der Waals surface area contributed by atoms with E-state index in [1.165, 1.54) is 9.80 Å². The Bertz CT molecular complexity index is 574. The molecule has 1 aromatic heterocycles. The van der Waals surface area contributed by atoms with E-state index < -0.39 is 29.6 Å². The predicted octanol–water partition coefficient (Wildman–Crippen LogP) is 2.85. The lowest BCUT2D eigenvalue weighted by Gasteiger charge is -2.35. The standard InChI is InChI=1S/C12H11Cl2F4N3O/c13-9-7(5-8(15)10(14)19-9)11(22)21-3-1-20(2-4-21)6-12(16,17)18/h5H,1-4,6H2. The average molecular weight is 360 g/mol. The predicted molar refractivity (Wildman–Crippen MR) is 72.6 cm³/mol. The number of pyridine rings is 1. The summed E-state index contributed by atoms with van der Waals surface area (Å²) in [5.74, 6) is -1.47. The van der Waals surface area contributed by atoms with Gasteiger partial charge < -0.3 is 4.90 Å². The number of hydrogen-bond donors (Lipinski definition) is 0. The summed E-state index contributed by atoms with van der Waals surface area (Å²) in [5.41, 5.74) is -0.159. The lowest BCUT2D eigenvalue weighted by Crippen LogP contribution is -2.51. The SMILES string of the molecule is O=C(c1cc(F)c(Cl)nc1Cl)N1CCN(CC(F)(F)F)CC1. The molecular formula is C12H11Cl2F4N3O. The number of alkyl halides is 3. The molecule has 1 saturated heterocycles. The van der Waals surface area contributed by atoms with Crippen molar-refractivity contribution in [2.75, 3.05) is 32.7 Å². The minimum Gasteiger partial charge on any atom is -0.336 e. The van der Waals surface area contributed by atoms with Crippen LogP contribution < -0.4 is 0 Å². The summed E-state index contributed by atoms with van der Waals surface area (Å²) in [5, 5.41) is -0.689. The van der Waals surface area contributed by atoms with E-state index in [0.29, 0.717) is 0 Å². The van der Waals surface area contributed by atoms with Crippen molar-refractivity contribution in [2.24, 2.45) is 0 Å². The zero-order valence-corrected chi connectivity index (χ0v) is 12.6. The molecule has 1 aromatic rings. The molecule has 1 amide bonds. The zero-order chi connectivity index (χ0) is 16.5. The van der Waals surface area contributed by atoms with Crippen molar-refractivity contribution in [1.82, 2.24) is 14.8 Å². The highest BCUT2D eigenvalue weighted by atomic mass is 35.5. The van der Waals surface area contributed by atoms with Crippen molar-refractivity contribution in [3.05, 3.63) is 27.8 Å². The molecule has 4 nitrogen and oxygen atoms in total. The Kier molecular flexibility index (Phi) is 5.14. The first-order chi connectivity index (χ1) is 10.2. The number of rotatable bonds is 2. The van der Waals surface area contributed by atoms with Crippen molar-refractivity contribution >= 4 is 29.1 Å². The van der Waals surface area contributed by atoms with Gasteiger partial charge in [0.15, 0.2) is 11.0 Å². The summed E-state index contributed by atoms with van der Waals surface area (Å²) >= 11 is 11.2. The first-order valence-corrected chi connectivity index (χ1v) is 7.03. The summed E-state index contributed by atoms with van der Waals surface area (Å²) in [6.07, 6.45) is -4.28. The summed E-state index contributed by atoms with van der Waals surface area (Å²) in [4.78, 5) is 18.2. The van der Waals surface area contributed by atoms with Crippen molar-refractivity contribution in [3.63, 3.8) is 0 Å². The molecule has 0 saturated carbocycles. The fourth-order valence-electron chi connectivity index (χ4n) is 2.13. The van der Waals surface area contributed by atoms with E-state index in [0.717, 1.165) is 6.07 Å². The van der Waals surface area contributed by atoms with Crippen LogP contribution in [0.25, 0.3) is 0 Å². The van der Waals surface area contributed by atoms with Gasteiger partial charge in [0, 0.05) is 26.2 Å². The van der Waals surface area contributed by atoms with Gasteiger partial charge in [-0.2, -0.15) is 13.2 Å². The van der Waals surface area contributed by atoms with E-state index in [4.69, 9.17) is 23.2 Å². The minimum absolute atomic E-state index is 0.0758. The molecule has 0 unspecified atom stereocenters. The Morgan fingerprint density at radius 2 is 1.77 bits per heavy atom. The molecule has 10 heteroatoms. The number of carbonyl (C=O) groups excluding carboxylic acids is 1. The molecule has 2 rings (SSSR count). The van der Waals surface area contributed by atoms with E-state index in [1.807, 2.05) is 0 Å². The van der Waals surface area contributed by atoms with Gasteiger partial charge in [-0.15, -0.1) is 0 Å². The fourth-order valence-corrected chi connectivity index (χ4v) is 2.53. The molecule has 0 radical (unpaired) electrons. The second-order valence-corrected chi connectivity index (χ2v) is 5.50. The number of amides is 1. The molecule has 1 aliphatic rings. The maximum atomic E-state index is 13.4. The Morgan fingerprint density at radius 1 is 1.18 bits per heavy atom. The largest absolute Gasteiger partial charge is 0.401 e. The van der Waals surface area contributed by atoms with Gasteiger partial charge in [-0.25, -0.2) is 9.37 Å². The molecule has 22 heavy (non-hydrogen) atoms. The molecule has 1 aliphatic heterocycles. The molecule has 0 aliphatic carbocycles. The Labute approximate surface area is 133 Å². The van der Waals surface area contributed by atoms with Crippen LogP contribution in [0.5, 0.6) is 0 Å². The van der Waals surface area contributed by atoms with Crippen molar-refractivity contribution in [2.45, 2.75) is 6.18 Å². The third kappa shape index (κ3) is 4.21. The molecule has 0 atom stereocenters. The van der Waals surface area contributed by atoms with E-state index in [2.05, 4.69) is 4.98 Å². The summed E-state index contributed by atoms with van der Waals surface area (Å²) in [6, 6.07) is 0.877. The summed E-state index contributed by atoms with van der Waals surface area (Å²) in [7, 11) is 0. The Hall–Kier alpha value is -1.12. The first-order valence-electron chi connectivity index (χ1n) is 6.27. The van der Waals surface area contributed by atoms with Crippen LogP contribution in [0.3, 0.4) is 0 Å². The molecule has 1 fully saturated rings. The Morgan fingerprint density at radius 3 is 2.32 bits per heavy atom. The van der Waals surface area contributed by atoms with E-state index in [9.17, 15) is 22.4 Å². The van der Waals surface area contributed by atoms with Crippen molar-refractivity contribution in [1.29, 1.82) is 0 Å². The molecule has 0 spiro atoms. The van der Waals surface area contributed by atoms with Gasteiger partial charge in [-0.1, -0.05) is 23.2 Å². The maximum absolute atomic E-state index is 13.4. The molecule has 122 valence electrons. The number of nitrogens with zero attached hydrogens (tertiary/aromatic N) is 3. The first kappa shape index (κ1) is 17.2. The lowest BCUT2D eigenvalue weighted by atomic mass is 10.2. The van der Waals surface area contributed by atoms with Gasteiger partial charge >= 0.3 is 6.18 Å². The molecular weight excluding hydrogens is 349 g/mol. The minimum atomic E-state index is -4.28. The van der Waals surface area contributed by atoms with Crippen LogP contribution in [-0.2, 0) is 0 Å². The van der Waals surface area contributed by atoms with Gasteiger partial charge in [0.05, 0.1) is 12.1 Å². The third-order valence-corrected chi connectivity index (χ3v) is 3.73. The van der Waals surface area contributed by atoms with Gasteiger partial charge in [0.2, 0.25) is 0 Å². The van der Waals surface area contributed by atoms with Crippen molar-refractivity contribution in [3.8, 4) is 0 Å². The van der Waals surface area contributed by atoms with E-state index >= 15 is 0 Å². The van der Waals surface area contributed by atoms with Gasteiger partial charge in [-0.05, 0) is 6.07 Å². The molecule has 0 bridgehead atoms. The average Bonchev–Trinajstić information content (AvgIpc) is 2.41. The third-order valence-electron chi connectivity index (χ3n) is 3.18. The number of aromatic nitrogens is 1. The Balaban J connectivity index is 2.03. The van der Waals surface area contributed by atoms with Crippen LogP contribution in [0.4, 0.5) is 17.6 Å². The van der Waals surface area contributed by atoms with Crippen LogP contribution in [0.15, 0.2) is 6.07 Å². The topological polar surface area (TPSA) is 36.4 Å². The highest BCUT2D eigenvalue weighted by Gasteiger charge is 2.33. The second kappa shape index (κ2) is 6.55. The number of carbonyl (C=O) groups is 1. The van der Waals surface area contributed by atoms with Crippen LogP contribution in [0, 0.1) is 5.82 Å². The molecule has 2 heterocycles. The number of hydrogen-bond acceptors (Lipinski definition) is 3.